The zero-order chi connectivity index (χ0) is 13.2. The molecule has 2 heteroatoms. The van der Waals surface area contributed by atoms with Gasteiger partial charge in [0.1, 0.15) is 0 Å². The Balaban J connectivity index is 1.67. The van der Waals surface area contributed by atoms with Crippen molar-refractivity contribution in [1.29, 1.82) is 0 Å². The van der Waals surface area contributed by atoms with Gasteiger partial charge in [-0.3, -0.25) is 0 Å². The van der Waals surface area contributed by atoms with E-state index in [-0.39, 0.29) is 0 Å². The highest BCUT2D eigenvalue weighted by atomic mass is 35.5. The molecule has 0 radical (unpaired) electrons. The molecule has 2 aliphatic rings. The monoisotopic (exact) mass is 277 g/mol. The van der Waals surface area contributed by atoms with Crippen LogP contribution in [0.25, 0.3) is 0 Å². The third-order valence-electron chi connectivity index (χ3n) is 4.95. The average molecular weight is 278 g/mol. The summed E-state index contributed by atoms with van der Waals surface area (Å²) in [5, 5.41) is 4.51. The van der Waals surface area contributed by atoms with Gasteiger partial charge in [0.2, 0.25) is 0 Å². The summed E-state index contributed by atoms with van der Waals surface area (Å²) < 4.78 is 0. The number of fused-ring (bicyclic) bond motifs is 1. The van der Waals surface area contributed by atoms with Gasteiger partial charge < -0.3 is 5.32 Å². The van der Waals surface area contributed by atoms with E-state index in [0.29, 0.717) is 0 Å². The molecule has 1 nitrogen and oxygen atoms in total. The molecule has 0 amide bonds. The van der Waals surface area contributed by atoms with E-state index >= 15 is 0 Å². The minimum Gasteiger partial charge on any atom is -0.384 e. The highest BCUT2D eigenvalue weighted by Crippen LogP contribution is 2.36. The van der Waals surface area contributed by atoms with Crippen molar-refractivity contribution in [3.8, 4) is 0 Å². The van der Waals surface area contributed by atoms with Gasteiger partial charge in [-0.25, -0.2) is 0 Å². The van der Waals surface area contributed by atoms with Crippen molar-refractivity contribution in [2.75, 3.05) is 11.9 Å². The predicted molar refractivity (Wildman–Crippen MR) is 83.1 cm³/mol. The molecular formula is C17H24ClN. The molecule has 1 aliphatic carbocycles. The topological polar surface area (TPSA) is 12.0 Å². The second-order valence-corrected chi connectivity index (χ2v) is 6.80. The maximum Gasteiger partial charge on any atom is 0.0455 e. The van der Waals surface area contributed by atoms with Gasteiger partial charge in [0.25, 0.3) is 0 Å². The van der Waals surface area contributed by atoms with E-state index in [0.717, 1.165) is 23.4 Å². The van der Waals surface area contributed by atoms with Crippen molar-refractivity contribution < 1.29 is 0 Å². The zero-order valence-electron chi connectivity index (χ0n) is 11.8. The molecule has 1 saturated carbocycles. The highest BCUT2D eigenvalue weighted by Gasteiger charge is 2.24. The van der Waals surface area contributed by atoms with Gasteiger partial charge in [-0.05, 0) is 48.8 Å². The van der Waals surface area contributed by atoms with Crippen molar-refractivity contribution in [1.82, 2.24) is 0 Å². The van der Waals surface area contributed by atoms with E-state index in [4.69, 9.17) is 11.6 Å². The van der Waals surface area contributed by atoms with E-state index in [9.17, 15) is 0 Å². The smallest absolute Gasteiger partial charge is 0.0455 e. The molecule has 1 N–H and O–H groups in total. The highest BCUT2D eigenvalue weighted by molar-refractivity contribution is 6.31. The Morgan fingerprint density at radius 1 is 1.16 bits per heavy atom. The molecule has 0 bridgehead atoms. The van der Waals surface area contributed by atoms with Gasteiger partial charge in [-0.1, -0.05) is 49.8 Å². The van der Waals surface area contributed by atoms with Gasteiger partial charge >= 0.3 is 0 Å². The number of benzene rings is 1. The summed E-state index contributed by atoms with van der Waals surface area (Å²) in [5.74, 6) is 1.80. The number of anilines is 1. The van der Waals surface area contributed by atoms with Crippen LogP contribution in [0.2, 0.25) is 5.02 Å². The van der Waals surface area contributed by atoms with Crippen LogP contribution < -0.4 is 5.32 Å². The van der Waals surface area contributed by atoms with E-state index in [1.54, 1.807) is 0 Å². The summed E-state index contributed by atoms with van der Waals surface area (Å²) in [5.41, 5.74) is 3.98. The molecule has 1 aromatic carbocycles. The molecule has 104 valence electrons. The fourth-order valence-corrected chi connectivity index (χ4v) is 4.01. The Hall–Kier alpha value is -0.690. The first-order chi connectivity index (χ1) is 9.24. The Morgan fingerprint density at radius 3 is 2.74 bits per heavy atom. The first kappa shape index (κ1) is 13.3. The quantitative estimate of drug-likeness (QED) is 0.783. The fourth-order valence-electron chi connectivity index (χ4n) is 3.85. The molecule has 3 rings (SSSR count). The minimum absolute atomic E-state index is 0.816. The van der Waals surface area contributed by atoms with E-state index in [1.807, 2.05) is 0 Å². The van der Waals surface area contributed by atoms with Crippen LogP contribution in [0.5, 0.6) is 0 Å². The summed E-state index contributed by atoms with van der Waals surface area (Å²) in [4.78, 5) is 0. The Labute approximate surface area is 121 Å². The molecule has 19 heavy (non-hydrogen) atoms. The average Bonchev–Trinajstić information content (AvgIpc) is 2.44. The summed E-state index contributed by atoms with van der Waals surface area (Å²) in [6.45, 7) is 3.25. The van der Waals surface area contributed by atoms with E-state index in [1.165, 1.54) is 61.8 Å². The molecule has 1 atom stereocenters. The Morgan fingerprint density at radius 2 is 1.95 bits per heavy atom. The standard InChI is InChI=1S/C17H24ClN/c1-12-16(18)8-7-15-10-14(11-19-17(12)15)9-13-5-3-2-4-6-13/h7-8,13-14,19H,2-6,9-11H2,1H3. The van der Waals surface area contributed by atoms with Crippen LogP contribution in [0.4, 0.5) is 5.69 Å². The third kappa shape index (κ3) is 2.91. The number of halogens is 1. The van der Waals surface area contributed by atoms with Gasteiger partial charge in [-0.15, -0.1) is 0 Å². The Bertz CT molecular complexity index is 449. The summed E-state index contributed by atoms with van der Waals surface area (Å²) in [7, 11) is 0. The Kier molecular flexibility index (Phi) is 4.02. The molecule has 1 heterocycles. The normalized spacial score (nSPS) is 23.8. The lowest BCUT2D eigenvalue weighted by Crippen LogP contribution is -2.26. The first-order valence-electron chi connectivity index (χ1n) is 7.76. The number of rotatable bonds is 2. The van der Waals surface area contributed by atoms with Crippen LogP contribution >= 0.6 is 11.6 Å². The molecule has 1 aliphatic heterocycles. The van der Waals surface area contributed by atoms with Gasteiger partial charge in [0, 0.05) is 17.3 Å². The number of hydrogen-bond acceptors (Lipinski definition) is 1. The third-order valence-corrected chi connectivity index (χ3v) is 5.36. The lowest BCUT2D eigenvalue weighted by molar-refractivity contribution is 0.289. The fraction of sp³-hybridized carbons (Fsp3) is 0.647. The van der Waals surface area contributed by atoms with Gasteiger partial charge in [0.15, 0.2) is 0 Å². The summed E-state index contributed by atoms with van der Waals surface area (Å²) >= 11 is 6.20. The van der Waals surface area contributed by atoms with Crippen LogP contribution in [0.3, 0.4) is 0 Å². The first-order valence-corrected chi connectivity index (χ1v) is 8.13. The molecule has 1 unspecified atom stereocenters. The summed E-state index contributed by atoms with van der Waals surface area (Å²) in [6.07, 6.45) is 9.93. The second-order valence-electron chi connectivity index (χ2n) is 6.40. The van der Waals surface area contributed by atoms with E-state index < -0.39 is 0 Å². The van der Waals surface area contributed by atoms with Gasteiger partial charge in [0.05, 0.1) is 0 Å². The van der Waals surface area contributed by atoms with Crippen LogP contribution in [0.15, 0.2) is 12.1 Å². The lowest BCUT2D eigenvalue weighted by Gasteiger charge is -2.31. The SMILES string of the molecule is Cc1c(Cl)ccc2c1NCC(CC1CCCCC1)C2. The van der Waals surface area contributed by atoms with Crippen LogP contribution in [0, 0.1) is 18.8 Å². The number of nitrogens with one attached hydrogen (secondary N) is 1. The maximum atomic E-state index is 6.20. The van der Waals surface area contributed by atoms with Crippen molar-refractivity contribution in [2.24, 2.45) is 11.8 Å². The van der Waals surface area contributed by atoms with Crippen molar-refractivity contribution >= 4 is 17.3 Å². The molecular weight excluding hydrogens is 254 g/mol. The van der Waals surface area contributed by atoms with Crippen LogP contribution in [-0.4, -0.2) is 6.54 Å². The largest absolute Gasteiger partial charge is 0.384 e. The predicted octanol–water partition coefficient (Wildman–Crippen LogP) is 5.20. The molecule has 1 aromatic rings. The molecule has 0 saturated heterocycles. The molecule has 1 fully saturated rings. The van der Waals surface area contributed by atoms with Crippen molar-refractivity contribution in [3.63, 3.8) is 0 Å². The molecule has 0 spiro atoms. The van der Waals surface area contributed by atoms with Crippen molar-refractivity contribution in [3.05, 3.63) is 28.3 Å². The number of hydrogen-bond donors (Lipinski definition) is 1. The molecule has 0 aromatic heterocycles. The van der Waals surface area contributed by atoms with Crippen molar-refractivity contribution in [2.45, 2.75) is 51.9 Å². The second kappa shape index (κ2) is 5.75. The summed E-state index contributed by atoms with van der Waals surface area (Å²) in [6, 6.07) is 4.27. The van der Waals surface area contributed by atoms with Gasteiger partial charge in [-0.2, -0.15) is 0 Å². The van der Waals surface area contributed by atoms with E-state index in [2.05, 4.69) is 24.4 Å². The zero-order valence-corrected chi connectivity index (χ0v) is 12.6. The maximum absolute atomic E-state index is 6.20. The van der Waals surface area contributed by atoms with Crippen LogP contribution in [0.1, 0.15) is 49.7 Å². The minimum atomic E-state index is 0.816. The lowest BCUT2D eigenvalue weighted by atomic mass is 9.79. The van der Waals surface area contributed by atoms with Crippen LogP contribution in [-0.2, 0) is 6.42 Å².